The van der Waals surface area contributed by atoms with Crippen LogP contribution in [0.15, 0.2) is 30.3 Å². The highest BCUT2D eigenvalue weighted by atomic mass is 32.2. The first-order valence-corrected chi connectivity index (χ1v) is 12.6. The van der Waals surface area contributed by atoms with Gasteiger partial charge in [0.15, 0.2) is 0 Å². The number of morpholine rings is 1. The number of carbonyl (C=O) groups is 1. The number of ether oxygens (including phenoxy) is 1. The highest BCUT2D eigenvalue weighted by Crippen LogP contribution is 2.35. The average molecular weight is 439 g/mol. The number of carboxylic acid groups (broad SMARTS) is 1. The molecule has 2 saturated heterocycles. The first kappa shape index (κ1) is 23.2. The standard InChI is InChI=1S/C21H32N2O3S.CH2O2/c24-27(25,17-18-8-4-5-9-18)23-14-15-26-20(16-22-12-6-7-13-22)21(23)19-10-2-1-3-11-19;2-1-3/h1-3,10-11,18,20-21H,4-9,12-17H2;1H,(H,2,3)/t20-,21-;/m0./s1. The molecule has 0 aromatic heterocycles. The zero-order chi connectivity index (χ0) is 21.4. The SMILES string of the molecule is O=CO.O=S(=O)(CC1CCCC1)N1CCO[C@@H](CN2CCCC2)[C@@H]1c1ccccc1. The molecule has 1 aromatic carbocycles. The van der Waals surface area contributed by atoms with E-state index in [9.17, 15) is 8.42 Å². The van der Waals surface area contributed by atoms with Gasteiger partial charge in [-0.1, -0.05) is 43.2 Å². The van der Waals surface area contributed by atoms with E-state index in [1.807, 2.05) is 18.2 Å². The van der Waals surface area contributed by atoms with Crippen LogP contribution in [-0.2, 0) is 19.6 Å². The van der Waals surface area contributed by atoms with Crippen molar-refractivity contribution in [2.75, 3.05) is 38.5 Å². The summed E-state index contributed by atoms with van der Waals surface area (Å²) in [5.74, 6) is 0.624. The summed E-state index contributed by atoms with van der Waals surface area (Å²) in [5.41, 5.74) is 1.05. The molecule has 7 nitrogen and oxygen atoms in total. The minimum Gasteiger partial charge on any atom is -0.483 e. The van der Waals surface area contributed by atoms with Crippen LogP contribution in [0.25, 0.3) is 0 Å². The average Bonchev–Trinajstić information content (AvgIpc) is 3.43. The third-order valence-electron chi connectivity index (χ3n) is 6.36. The highest BCUT2D eigenvalue weighted by Gasteiger charge is 2.41. The van der Waals surface area contributed by atoms with E-state index in [4.69, 9.17) is 14.6 Å². The van der Waals surface area contributed by atoms with E-state index in [0.29, 0.717) is 24.8 Å². The summed E-state index contributed by atoms with van der Waals surface area (Å²) >= 11 is 0. The Hall–Kier alpha value is -1.48. The fraction of sp³-hybridized carbons (Fsp3) is 0.682. The van der Waals surface area contributed by atoms with Crippen LogP contribution in [0, 0.1) is 5.92 Å². The Morgan fingerprint density at radius 1 is 1.03 bits per heavy atom. The summed E-state index contributed by atoms with van der Waals surface area (Å²) < 4.78 is 34.7. The summed E-state index contributed by atoms with van der Waals surface area (Å²) in [5, 5.41) is 6.89. The molecule has 1 N–H and O–H groups in total. The van der Waals surface area contributed by atoms with Crippen LogP contribution >= 0.6 is 0 Å². The van der Waals surface area contributed by atoms with Gasteiger partial charge in [0.05, 0.1) is 24.5 Å². The van der Waals surface area contributed by atoms with E-state index in [1.54, 1.807) is 4.31 Å². The van der Waals surface area contributed by atoms with Crippen molar-refractivity contribution in [2.24, 2.45) is 5.92 Å². The van der Waals surface area contributed by atoms with Crippen molar-refractivity contribution in [1.82, 2.24) is 9.21 Å². The molecule has 2 aliphatic heterocycles. The van der Waals surface area contributed by atoms with Gasteiger partial charge in [-0.25, -0.2) is 8.42 Å². The molecular formula is C22H34N2O5S. The first-order valence-electron chi connectivity index (χ1n) is 11.0. The Bertz CT molecular complexity index is 746. The monoisotopic (exact) mass is 438 g/mol. The number of nitrogens with zero attached hydrogens (tertiary/aromatic N) is 2. The summed E-state index contributed by atoms with van der Waals surface area (Å²) in [6, 6.07) is 9.87. The predicted octanol–water partition coefficient (Wildman–Crippen LogP) is 2.75. The molecule has 8 heteroatoms. The molecule has 168 valence electrons. The molecular weight excluding hydrogens is 404 g/mol. The van der Waals surface area contributed by atoms with Crippen molar-refractivity contribution in [1.29, 1.82) is 0 Å². The second-order valence-corrected chi connectivity index (χ2v) is 10.4. The largest absolute Gasteiger partial charge is 0.483 e. The van der Waals surface area contributed by atoms with E-state index in [1.165, 1.54) is 25.7 Å². The zero-order valence-corrected chi connectivity index (χ0v) is 18.4. The fourth-order valence-corrected chi connectivity index (χ4v) is 7.07. The van der Waals surface area contributed by atoms with Gasteiger partial charge in [0.1, 0.15) is 0 Å². The van der Waals surface area contributed by atoms with Crippen LogP contribution in [0.3, 0.4) is 0 Å². The van der Waals surface area contributed by atoms with Gasteiger partial charge < -0.3 is 14.7 Å². The van der Waals surface area contributed by atoms with Gasteiger partial charge in [-0.2, -0.15) is 4.31 Å². The number of rotatable bonds is 6. The normalized spacial score (nSPS) is 26.3. The lowest BCUT2D eigenvalue weighted by Crippen LogP contribution is -2.52. The zero-order valence-electron chi connectivity index (χ0n) is 17.6. The molecule has 1 saturated carbocycles. The van der Waals surface area contributed by atoms with E-state index in [0.717, 1.165) is 38.0 Å². The quantitative estimate of drug-likeness (QED) is 0.687. The van der Waals surface area contributed by atoms with Crippen LogP contribution < -0.4 is 0 Å². The predicted molar refractivity (Wildman–Crippen MR) is 116 cm³/mol. The number of likely N-dealkylation sites (tertiary alicyclic amines) is 1. The minimum absolute atomic E-state index is 0.0994. The number of hydrogen-bond acceptors (Lipinski definition) is 5. The summed E-state index contributed by atoms with van der Waals surface area (Å²) in [7, 11) is -3.30. The molecule has 0 unspecified atom stereocenters. The summed E-state index contributed by atoms with van der Waals surface area (Å²) in [4.78, 5) is 10.8. The van der Waals surface area contributed by atoms with Crippen molar-refractivity contribution < 1.29 is 23.1 Å². The maximum atomic E-state index is 13.4. The molecule has 1 aromatic rings. The fourth-order valence-electron chi connectivity index (χ4n) is 5.00. The molecule has 0 bridgehead atoms. The summed E-state index contributed by atoms with van der Waals surface area (Å²) in [6.45, 7) is 3.71. The van der Waals surface area contributed by atoms with Crippen molar-refractivity contribution in [3.8, 4) is 0 Å². The Labute approximate surface area is 180 Å². The maximum Gasteiger partial charge on any atom is 0.290 e. The van der Waals surface area contributed by atoms with E-state index in [-0.39, 0.29) is 18.6 Å². The Morgan fingerprint density at radius 3 is 2.30 bits per heavy atom. The van der Waals surface area contributed by atoms with Gasteiger partial charge in [-0.3, -0.25) is 4.79 Å². The molecule has 4 rings (SSSR count). The van der Waals surface area contributed by atoms with Crippen LogP contribution in [0.2, 0.25) is 0 Å². The molecule has 2 heterocycles. The van der Waals surface area contributed by atoms with Crippen LogP contribution in [0.4, 0.5) is 0 Å². The lowest BCUT2D eigenvalue weighted by molar-refractivity contribution is -0.122. The van der Waals surface area contributed by atoms with E-state index >= 15 is 0 Å². The molecule has 1 aliphatic carbocycles. The lowest BCUT2D eigenvalue weighted by atomic mass is 9.99. The van der Waals surface area contributed by atoms with Gasteiger partial charge in [0.25, 0.3) is 6.47 Å². The second kappa shape index (κ2) is 11.2. The van der Waals surface area contributed by atoms with Crippen LogP contribution in [-0.4, -0.2) is 73.8 Å². The van der Waals surface area contributed by atoms with Gasteiger partial charge in [0, 0.05) is 13.1 Å². The Balaban J connectivity index is 0.000000806. The van der Waals surface area contributed by atoms with Gasteiger partial charge in [0.2, 0.25) is 10.0 Å². The van der Waals surface area contributed by atoms with Crippen molar-refractivity contribution >= 4 is 16.5 Å². The molecule has 30 heavy (non-hydrogen) atoms. The van der Waals surface area contributed by atoms with E-state index < -0.39 is 10.0 Å². The van der Waals surface area contributed by atoms with E-state index in [2.05, 4.69) is 17.0 Å². The maximum absolute atomic E-state index is 13.4. The first-order chi connectivity index (χ1) is 14.5. The molecule has 0 spiro atoms. The van der Waals surface area contributed by atoms with Crippen molar-refractivity contribution in [3.05, 3.63) is 35.9 Å². The third kappa shape index (κ3) is 6.03. The molecule has 0 radical (unpaired) electrons. The van der Waals surface area contributed by atoms with Gasteiger partial charge in [-0.15, -0.1) is 0 Å². The summed E-state index contributed by atoms with van der Waals surface area (Å²) in [6.07, 6.45) is 6.80. The number of hydrogen-bond donors (Lipinski definition) is 1. The molecule has 3 aliphatic rings. The Kier molecular flexibility index (Phi) is 8.68. The van der Waals surface area contributed by atoms with Crippen LogP contribution in [0.1, 0.15) is 50.1 Å². The topological polar surface area (TPSA) is 87.1 Å². The highest BCUT2D eigenvalue weighted by molar-refractivity contribution is 7.89. The number of benzene rings is 1. The van der Waals surface area contributed by atoms with Gasteiger partial charge >= 0.3 is 0 Å². The van der Waals surface area contributed by atoms with Gasteiger partial charge in [-0.05, 0) is 50.3 Å². The number of sulfonamides is 1. The molecule has 0 amide bonds. The van der Waals surface area contributed by atoms with Crippen LogP contribution in [0.5, 0.6) is 0 Å². The Morgan fingerprint density at radius 2 is 1.67 bits per heavy atom. The smallest absolute Gasteiger partial charge is 0.290 e. The van der Waals surface area contributed by atoms with Crippen molar-refractivity contribution in [3.63, 3.8) is 0 Å². The molecule has 3 fully saturated rings. The lowest BCUT2D eigenvalue weighted by Gasteiger charge is -2.42. The second-order valence-electron chi connectivity index (χ2n) is 8.42. The molecule has 2 atom stereocenters. The minimum atomic E-state index is -3.30. The third-order valence-corrected chi connectivity index (χ3v) is 8.38. The van der Waals surface area contributed by atoms with Crippen molar-refractivity contribution in [2.45, 2.75) is 50.7 Å².